The fraction of sp³-hybridized carbons (Fsp3) is 0.350. The Hall–Kier alpha value is -2.09. The molecule has 0 spiro atoms. The van der Waals surface area contributed by atoms with Crippen LogP contribution in [-0.2, 0) is 6.54 Å². The Morgan fingerprint density at radius 3 is 2.41 bits per heavy atom. The average molecular weight is 290 g/mol. The molecular weight excluding hydrogens is 268 g/mol. The van der Waals surface area contributed by atoms with Crippen molar-refractivity contribution in [3.05, 3.63) is 66.0 Å². The maximum Gasteiger partial charge on any atom is 0.113 e. The van der Waals surface area contributed by atoms with E-state index < -0.39 is 0 Å². The van der Waals surface area contributed by atoms with Crippen molar-refractivity contribution < 1.29 is 0 Å². The van der Waals surface area contributed by atoms with Gasteiger partial charge in [0.2, 0.25) is 0 Å². The van der Waals surface area contributed by atoms with Gasteiger partial charge in [-0.1, -0.05) is 61.7 Å². The summed E-state index contributed by atoms with van der Waals surface area (Å²) in [6, 6.07) is 19.3. The third kappa shape index (κ3) is 2.54. The molecule has 0 unspecified atom stereocenters. The molecule has 1 heterocycles. The van der Waals surface area contributed by atoms with Crippen molar-refractivity contribution in [2.24, 2.45) is 0 Å². The van der Waals surface area contributed by atoms with E-state index in [2.05, 4.69) is 59.2 Å². The molecule has 0 radical (unpaired) electrons. The quantitative estimate of drug-likeness (QED) is 0.653. The highest BCUT2D eigenvalue weighted by Crippen LogP contribution is 2.34. The van der Waals surface area contributed by atoms with Crippen LogP contribution in [0.1, 0.15) is 49.4 Å². The number of rotatable bonds is 3. The van der Waals surface area contributed by atoms with Gasteiger partial charge in [0.15, 0.2) is 0 Å². The van der Waals surface area contributed by atoms with E-state index in [-0.39, 0.29) is 0 Å². The standard InChI is InChI=1S/C20H22N2/c1-3-9-16(10-4-1)15-22-19-14-8-7-13-18(19)21-20(22)17-11-5-2-6-12-17/h1,3-4,7-10,13-14,17H,2,5-6,11-12,15H2. The van der Waals surface area contributed by atoms with Crippen molar-refractivity contribution in [1.82, 2.24) is 9.55 Å². The molecule has 1 aliphatic rings. The fourth-order valence-corrected chi connectivity index (χ4v) is 3.70. The van der Waals surface area contributed by atoms with Gasteiger partial charge in [0.25, 0.3) is 0 Å². The first-order valence-corrected chi connectivity index (χ1v) is 8.41. The molecule has 4 rings (SSSR count). The minimum Gasteiger partial charge on any atom is -0.323 e. The van der Waals surface area contributed by atoms with E-state index in [0.717, 1.165) is 12.1 Å². The summed E-state index contributed by atoms with van der Waals surface area (Å²) in [5.41, 5.74) is 3.76. The van der Waals surface area contributed by atoms with Gasteiger partial charge in [-0.2, -0.15) is 0 Å². The molecule has 112 valence electrons. The summed E-state index contributed by atoms with van der Waals surface area (Å²) in [7, 11) is 0. The van der Waals surface area contributed by atoms with E-state index >= 15 is 0 Å². The molecule has 1 aliphatic carbocycles. The molecule has 0 amide bonds. The average Bonchev–Trinajstić information content (AvgIpc) is 2.95. The number of benzene rings is 2. The number of hydrogen-bond acceptors (Lipinski definition) is 1. The summed E-state index contributed by atoms with van der Waals surface area (Å²) in [5.74, 6) is 1.93. The van der Waals surface area contributed by atoms with Crippen LogP contribution in [-0.4, -0.2) is 9.55 Å². The molecule has 2 heteroatoms. The van der Waals surface area contributed by atoms with Gasteiger partial charge >= 0.3 is 0 Å². The molecule has 3 aromatic rings. The van der Waals surface area contributed by atoms with Crippen molar-refractivity contribution >= 4 is 11.0 Å². The largest absolute Gasteiger partial charge is 0.323 e. The first-order chi connectivity index (χ1) is 10.9. The minimum atomic E-state index is 0.630. The number of imidazole rings is 1. The first kappa shape index (κ1) is 13.6. The Bertz CT molecular complexity index is 752. The lowest BCUT2D eigenvalue weighted by atomic mass is 9.88. The second-order valence-electron chi connectivity index (χ2n) is 6.37. The maximum absolute atomic E-state index is 5.00. The molecule has 0 bridgehead atoms. The maximum atomic E-state index is 5.00. The van der Waals surface area contributed by atoms with Crippen LogP contribution in [0.3, 0.4) is 0 Å². The lowest BCUT2D eigenvalue weighted by Gasteiger charge is -2.22. The van der Waals surface area contributed by atoms with E-state index in [1.807, 2.05) is 0 Å². The molecule has 0 saturated heterocycles. The highest BCUT2D eigenvalue weighted by molar-refractivity contribution is 5.76. The Morgan fingerprint density at radius 2 is 1.59 bits per heavy atom. The number of hydrogen-bond donors (Lipinski definition) is 0. The van der Waals surface area contributed by atoms with Gasteiger partial charge in [-0.25, -0.2) is 4.98 Å². The van der Waals surface area contributed by atoms with Gasteiger partial charge in [0, 0.05) is 12.5 Å². The van der Waals surface area contributed by atoms with E-state index in [1.54, 1.807) is 0 Å². The highest BCUT2D eigenvalue weighted by Gasteiger charge is 2.22. The zero-order valence-electron chi connectivity index (χ0n) is 12.9. The van der Waals surface area contributed by atoms with Crippen LogP contribution < -0.4 is 0 Å². The SMILES string of the molecule is c1ccc(Cn2c(C3CCCCC3)nc3ccccc32)cc1. The Morgan fingerprint density at radius 1 is 0.864 bits per heavy atom. The van der Waals surface area contributed by atoms with Gasteiger partial charge in [0.1, 0.15) is 5.82 Å². The highest BCUT2D eigenvalue weighted by atomic mass is 15.1. The molecule has 0 N–H and O–H groups in total. The van der Waals surface area contributed by atoms with E-state index in [4.69, 9.17) is 4.98 Å². The van der Waals surface area contributed by atoms with Gasteiger partial charge < -0.3 is 4.57 Å². The summed E-state index contributed by atoms with van der Waals surface area (Å²) in [4.78, 5) is 5.00. The summed E-state index contributed by atoms with van der Waals surface area (Å²) < 4.78 is 2.45. The third-order valence-corrected chi connectivity index (χ3v) is 4.84. The van der Waals surface area contributed by atoms with Crippen molar-refractivity contribution in [3.8, 4) is 0 Å². The molecular formula is C20H22N2. The number of fused-ring (bicyclic) bond motifs is 1. The van der Waals surface area contributed by atoms with Crippen molar-refractivity contribution in [2.45, 2.75) is 44.6 Å². The van der Waals surface area contributed by atoms with Gasteiger partial charge in [0.05, 0.1) is 11.0 Å². The summed E-state index contributed by atoms with van der Waals surface area (Å²) in [6.45, 7) is 0.924. The zero-order chi connectivity index (χ0) is 14.8. The molecule has 1 fully saturated rings. The molecule has 0 aliphatic heterocycles. The van der Waals surface area contributed by atoms with E-state index in [0.29, 0.717) is 5.92 Å². The van der Waals surface area contributed by atoms with Crippen LogP contribution in [0.15, 0.2) is 54.6 Å². The van der Waals surface area contributed by atoms with E-state index in [1.165, 1.54) is 49.0 Å². The Labute approximate surface area is 131 Å². The summed E-state index contributed by atoms with van der Waals surface area (Å²) in [6.07, 6.45) is 6.66. The zero-order valence-corrected chi connectivity index (χ0v) is 12.9. The third-order valence-electron chi connectivity index (χ3n) is 4.84. The van der Waals surface area contributed by atoms with Crippen LogP contribution in [0.5, 0.6) is 0 Å². The van der Waals surface area contributed by atoms with Crippen molar-refractivity contribution in [2.75, 3.05) is 0 Å². The van der Waals surface area contributed by atoms with Gasteiger partial charge in [-0.05, 0) is 30.5 Å². The number of nitrogens with zero attached hydrogens (tertiary/aromatic N) is 2. The second kappa shape index (κ2) is 5.96. The molecule has 1 aromatic heterocycles. The summed E-state index contributed by atoms with van der Waals surface area (Å²) in [5, 5.41) is 0. The predicted octanol–water partition coefficient (Wildman–Crippen LogP) is 5.13. The normalized spacial score (nSPS) is 16.2. The first-order valence-electron chi connectivity index (χ1n) is 8.41. The molecule has 2 nitrogen and oxygen atoms in total. The van der Waals surface area contributed by atoms with Gasteiger partial charge in [-0.3, -0.25) is 0 Å². The van der Waals surface area contributed by atoms with E-state index in [9.17, 15) is 0 Å². The lowest BCUT2D eigenvalue weighted by molar-refractivity contribution is 0.420. The minimum absolute atomic E-state index is 0.630. The lowest BCUT2D eigenvalue weighted by Crippen LogP contribution is -2.13. The Kier molecular flexibility index (Phi) is 3.67. The smallest absolute Gasteiger partial charge is 0.113 e. The number of para-hydroxylation sites is 2. The predicted molar refractivity (Wildman–Crippen MR) is 91.1 cm³/mol. The molecule has 2 aromatic carbocycles. The van der Waals surface area contributed by atoms with Crippen LogP contribution in [0.4, 0.5) is 0 Å². The topological polar surface area (TPSA) is 17.8 Å². The molecule has 22 heavy (non-hydrogen) atoms. The number of aromatic nitrogens is 2. The van der Waals surface area contributed by atoms with Crippen molar-refractivity contribution in [3.63, 3.8) is 0 Å². The molecule has 1 saturated carbocycles. The van der Waals surface area contributed by atoms with Crippen LogP contribution in [0, 0.1) is 0 Å². The van der Waals surface area contributed by atoms with Crippen molar-refractivity contribution in [1.29, 1.82) is 0 Å². The monoisotopic (exact) mass is 290 g/mol. The Balaban J connectivity index is 1.79. The van der Waals surface area contributed by atoms with Crippen LogP contribution >= 0.6 is 0 Å². The van der Waals surface area contributed by atoms with Gasteiger partial charge in [-0.15, -0.1) is 0 Å². The van der Waals surface area contributed by atoms with Crippen LogP contribution in [0.25, 0.3) is 11.0 Å². The second-order valence-corrected chi connectivity index (χ2v) is 6.37. The molecule has 0 atom stereocenters. The fourth-order valence-electron chi connectivity index (χ4n) is 3.70. The summed E-state index contributed by atoms with van der Waals surface area (Å²) >= 11 is 0. The van der Waals surface area contributed by atoms with Crippen LogP contribution in [0.2, 0.25) is 0 Å².